The van der Waals surface area contributed by atoms with Gasteiger partial charge < -0.3 is 10.0 Å². The van der Waals surface area contributed by atoms with Crippen LogP contribution in [0.1, 0.15) is 57.5 Å². The molecule has 1 aromatic rings. The molecule has 0 atom stereocenters. The van der Waals surface area contributed by atoms with Crippen LogP contribution in [-0.2, 0) is 6.61 Å². The second kappa shape index (κ2) is 6.33. The predicted molar refractivity (Wildman–Crippen MR) is 77.3 cm³/mol. The number of aromatic nitrogens is 2. The van der Waals surface area contributed by atoms with Gasteiger partial charge in [-0.05, 0) is 18.8 Å². The van der Waals surface area contributed by atoms with Gasteiger partial charge in [-0.3, -0.25) is 0 Å². The highest BCUT2D eigenvalue weighted by Crippen LogP contribution is 2.27. The summed E-state index contributed by atoms with van der Waals surface area (Å²) in [7, 11) is 0. The monoisotopic (exact) mass is 263 g/mol. The minimum atomic E-state index is -0.00865. The summed E-state index contributed by atoms with van der Waals surface area (Å²) < 4.78 is 0. The van der Waals surface area contributed by atoms with E-state index in [2.05, 4.69) is 35.6 Å². The molecule has 0 bridgehead atoms. The third-order valence-corrected chi connectivity index (χ3v) is 4.06. The van der Waals surface area contributed by atoms with E-state index in [0.717, 1.165) is 36.2 Å². The van der Waals surface area contributed by atoms with Crippen molar-refractivity contribution in [3.05, 3.63) is 17.7 Å². The van der Waals surface area contributed by atoms with Crippen LogP contribution in [0.25, 0.3) is 0 Å². The molecule has 0 aromatic carbocycles. The summed E-state index contributed by atoms with van der Waals surface area (Å²) in [6.45, 7) is 8.50. The van der Waals surface area contributed by atoms with Crippen molar-refractivity contribution in [2.75, 3.05) is 18.0 Å². The average Bonchev–Trinajstić information content (AvgIpc) is 2.46. The smallest absolute Gasteiger partial charge is 0.131 e. The van der Waals surface area contributed by atoms with Crippen LogP contribution in [0.15, 0.2) is 6.20 Å². The number of hydrogen-bond acceptors (Lipinski definition) is 4. The topological polar surface area (TPSA) is 49.2 Å². The Labute approximate surface area is 115 Å². The van der Waals surface area contributed by atoms with Crippen LogP contribution in [0.3, 0.4) is 0 Å². The Morgan fingerprint density at radius 2 is 2.05 bits per heavy atom. The first-order chi connectivity index (χ1) is 9.15. The van der Waals surface area contributed by atoms with E-state index in [0.29, 0.717) is 5.92 Å². The summed E-state index contributed by atoms with van der Waals surface area (Å²) in [5.41, 5.74) is 1.79. The quantitative estimate of drug-likeness (QED) is 0.907. The largest absolute Gasteiger partial charge is 0.390 e. The molecule has 1 aliphatic rings. The highest BCUT2D eigenvalue weighted by molar-refractivity contribution is 5.49. The highest BCUT2D eigenvalue weighted by Gasteiger charge is 2.21. The zero-order valence-electron chi connectivity index (χ0n) is 12.3. The van der Waals surface area contributed by atoms with Crippen LogP contribution in [0, 0.1) is 5.92 Å². The summed E-state index contributed by atoms with van der Waals surface area (Å²) in [5, 5.41) is 9.54. The first kappa shape index (κ1) is 14.3. The first-order valence-corrected chi connectivity index (χ1v) is 7.37. The molecule has 1 aromatic heterocycles. The van der Waals surface area contributed by atoms with Gasteiger partial charge in [0.15, 0.2) is 0 Å². The molecular weight excluding hydrogens is 238 g/mol. The van der Waals surface area contributed by atoms with E-state index in [-0.39, 0.29) is 6.61 Å². The van der Waals surface area contributed by atoms with Crippen LogP contribution in [0.5, 0.6) is 0 Å². The van der Waals surface area contributed by atoms with Crippen molar-refractivity contribution in [1.82, 2.24) is 9.97 Å². The van der Waals surface area contributed by atoms with Crippen molar-refractivity contribution < 1.29 is 5.11 Å². The molecule has 0 aliphatic carbocycles. The molecule has 19 heavy (non-hydrogen) atoms. The van der Waals surface area contributed by atoms with Gasteiger partial charge in [-0.25, -0.2) is 9.97 Å². The molecule has 2 heterocycles. The lowest BCUT2D eigenvalue weighted by molar-refractivity contribution is 0.275. The number of hydrogen-bond donors (Lipinski definition) is 1. The average molecular weight is 263 g/mol. The molecule has 106 valence electrons. The standard InChI is InChI=1S/C15H25N3O/c1-4-12-5-7-18(8-6-12)14-9-16-15(11(2)3)17-13(14)10-19/h9,11-12,19H,4-8,10H2,1-3H3. The molecule has 1 N–H and O–H groups in total. The third kappa shape index (κ3) is 3.24. The molecule has 0 saturated carbocycles. The SMILES string of the molecule is CCC1CCN(c2cnc(C(C)C)nc2CO)CC1. The van der Waals surface area contributed by atoms with Gasteiger partial charge in [-0.2, -0.15) is 0 Å². The second-order valence-electron chi connectivity index (χ2n) is 5.71. The van der Waals surface area contributed by atoms with Gasteiger partial charge in [-0.15, -0.1) is 0 Å². The summed E-state index contributed by atoms with van der Waals surface area (Å²) in [6, 6.07) is 0. The lowest BCUT2D eigenvalue weighted by atomic mass is 9.94. The molecule has 0 unspecified atom stereocenters. The number of anilines is 1. The minimum Gasteiger partial charge on any atom is -0.390 e. The third-order valence-electron chi connectivity index (χ3n) is 4.06. The number of rotatable bonds is 4. The van der Waals surface area contributed by atoms with E-state index in [1.807, 2.05) is 6.20 Å². The fourth-order valence-corrected chi connectivity index (χ4v) is 2.67. The molecule has 1 fully saturated rings. The molecule has 1 aliphatic heterocycles. The predicted octanol–water partition coefficient (Wildman–Crippen LogP) is 2.72. The van der Waals surface area contributed by atoms with Crippen molar-refractivity contribution in [3.8, 4) is 0 Å². The fraction of sp³-hybridized carbons (Fsp3) is 0.733. The number of aliphatic hydroxyl groups excluding tert-OH is 1. The van der Waals surface area contributed by atoms with Crippen molar-refractivity contribution in [1.29, 1.82) is 0 Å². The number of nitrogens with zero attached hydrogens (tertiary/aromatic N) is 3. The van der Waals surface area contributed by atoms with Gasteiger partial charge in [0, 0.05) is 19.0 Å². The molecule has 0 spiro atoms. The fourth-order valence-electron chi connectivity index (χ4n) is 2.67. The van der Waals surface area contributed by atoms with Crippen molar-refractivity contribution >= 4 is 5.69 Å². The van der Waals surface area contributed by atoms with Crippen molar-refractivity contribution in [3.63, 3.8) is 0 Å². The maximum atomic E-state index is 9.54. The lowest BCUT2D eigenvalue weighted by Crippen LogP contribution is -2.34. The van der Waals surface area contributed by atoms with Gasteiger partial charge in [0.2, 0.25) is 0 Å². The van der Waals surface area contributed by atoms with E-state index < -0.39 is 0 Å². The van der Waals surface area contributed by atoms with E-state index in [1.165, 1.54) is 19.3 Å². The minimum absolute atomic E-state index is 0.00865. The Hall–Kier alpha value is -1.16. The van der Waals surface area contributed by atoms with E-state index in [1.54, 1.807) is 0 Å². The van der Waals surface area contributed by atoms with E-state index >= 15 is 0 Å². The maximum Gasteiger partial charge on any atom is 0.131 e. The summed E-state index contributed by atoms with van der Waals surface area (Å²) in [5.74, 6) is 1.96. The Bertz CT molecular complexity index is 412. The van der Waals surface area contributed by atoms with Crippen molar-refractivity contribution in [2.45, 2.75) is 52.6 Å². The van der Waals surface area contributed by atoms with Gasteiger partial charge in [0.25, 0.3) is 0 Å². The second-order valence-corrected chi connectivity index (χ2v) is 5.71. The molecule has 4 heteroatoms. The summed E-state index contributed by atoms with van der Waals surface area (Å²) in [6.07, 6.45) is 5.62. The Balaban J connectivity index is 2.16. The maximum absolute atomic E-state index is 9.54. The first-order valence-electron chi connectivity index (χ1n) is 7.37. The van der Waals surface area contributed by atoms with Crippen LogP contribution < -0.4 is 4.90 Å². The van der Waals surface area contributed by atoms with Crippen LogP contribution in [0.4, 0.5) is 5.69 Å². The Morgan fingerprint density at radius 1 is 1.37 bits per heavy atom. The normalized spacial score (nSPS) is 17.2. The number of aliphatic hydroxyl groups is 1. The number of piperidine rings is 1. The molecule has 0 radical (unpaired) electrons. The van der Waals surface area contributed by atoms with E-state index in [4.69, 9.17) is 0 Å². The zero-order chi connectivity index (χ0) is 13.8. The molecule has 4 nitrogen and oxygen atoms in total. The molecule has 2 rings (SSSR count). The Morgan fingerprint density at radius 3 is 2.58 bits per heavy atom. The van der Waals surface area contributed by atoms with Crippen molar-refractivity contribution in [2.24, 2.45) is 5.92 Å². The van der Waals surface area contributed by atoms with Gasteiger partial charge in [0.1, 0.15) is 5.82 Å². The zero-order valence-corrected chi connectivity index (χ0v) is 12.3. The Kier molecular flexibility index (Phi) is 4.75. The van der Waals surface area contributed by atoms with Gasteiger partial charge >= 0.3 is 0 Å². The molecule has 1 saturated heterocycles. The van der Waals surface area contributed by atoms with E-state index in [9.17, 15) is 5.11 Å². The highest BCUT2D eigenvalue weighted by atomic mass is 16.3. The van der Waals surface area contributed by atoms with Gasteiger partial charge in [-0.1, -0.05) is 27.2 Å². The van der Waals surface area contributed by atoms with Gasteiger partial charge in [0.05, 0.1) is 24.2 Å². The molecule has 0 amide bonds. The lowest BCUT2D eigenvalue weighted by Gasteiger charge is -2.33. The summed E-state index contributed by atoms with van der Waals surface area (Å²) in [4.78, 5) is 11.3. The van der Waals surface area contributed by atoms with Crippen LogP contribution >= 0.6 is 0 Å². The van der Waals surface area contributed by atoms with Crippen LogP contribution in [-0.4, -0.2) is 28.2 Å². The van der Waals surface area contributed by atoms with Crippen LogP contribution in [0.2, 0.25) is 0 Å². The molecular formula is C15H25N3O. The summed E-state index contributed by atoms with van der Waals surface area (Å²) >= 11 is 0.